The molecule has 1 atom stereocenters. The third-order valence-electron chi connectivity index (χ3n) is 6.63. The van der Waals surface area contributed by atoms with Gasteiger partial charge in [0.05, 0.1) is 25.2 Å². The zero-order valence-corrected chi connectivity index (χ0v) is 18.1. The molecule has 0 aliphatic carbocycles. The molecule has 0 N–H and O–H groups in total. The molecule has 168 valence electrons. The van der Waals surface area contributed by atoms with Crippen LogP contribution in [-0.4, -0.2) is 91.5 Å². The van der Waals surface area contributed by atoms with Gasteiger partial charge >= 0.3 is 0 Å². The van der Waals surface area contributed by atoms with E-state index in [2.05, 4.69) is 0 Å². The Morgan fingerprint density at radius 3 is 2.55 bits per heavy atom. The first-order valence-electron chi connectivity index (χ1n) is 11.2. The summed E-state index contributed by atoms with van der Waals surface area (Å²) in [4.78, 5) is 43.9. The number of likely N-dealkylation sites (tertiary alicyclic amines) is 2. The van der Waals surface area contributed by atoms with E-state index >= 15 is 0 Å². The van der Waals surface area contributed by atoms with E-state index < -0.39 is 0 Å². The molecule has 3 amide bonds. The molecule has 31 heavy (non-hydrogen) atoms. The highest BCUT2D eigenvalue weighted by atomic mass is 16.5. The number of para-hydroxylation sites is 1. The van der Waals surface area contributed by atoms with Crippen LogP contribution in [-0.2, 0) is 14.3 Å². The van der Waals surface area contributed by atoms with Crippen molar-refractivity contribution in [1.82, 2.24) is 14.7 Å². The van der Waals surface area contributed by atoms with Gasteiger partial charge in [0.15, 0.2) is 0 Å². The van der Waals surface area contributed by atoms with Crippen molar-refractivity contribution in [3.8, 4) is 5.75 Å². The molecule has 0 radical (unpaired) electrons. The predicted octanol–water partition coefficient (Wildman–Crippen LogP) is 1.40. The average molecular weight is 430 g/mol. The smallest absolute Gasteiger partial charge is 0.257 e. The minimum absolute atomic E-state index is 0.0498. The molecule has 8 nitrogen and oxygen atoms in total. The zero-order chi connectivity index (χ0) is 21.8. The topological polar surface area (TPSA) is 79.4 Å². The molecule has 0 saturated carbocycles. The van der Waals surface area contributed by atoms with Crippen molar-refractivity contribution < 1.29 is 23.9 Å². The van der Waals surface area contributed by atoms with Crippen molar-refractivity contribution in [3.05, 3.63) is 29.8 Å². The minimum Gasteiger partial charge on any atom is -0.496 e. The fourth-order valence-electron chi connectivity index (χ4n) is 4.93. The first-order chi connectivity index (χ1) is 15.1. The lowest BCUT2D eigenvalue weighted by atomic mass is 9.94. The number of methoxy groups -OCH3 is 1. The second kappa shape index (κ2) is 9.68. The predicted molar refractivity (Wildman–Crippen MR) is 114 cm³/mol. The van der Waals surface area contributed by atoms with Crippen LogP contribution in [0.2, 0.25) is 0 Å². The van der Waals surface area contributed by atoms with E-state index in [1.165, 1.54) is 0 Å². The highest BCUT2D eigenvalue weighted by Crippen LogP contribution is 2.26. The normalized spacial score (nSPS) is 23.1. The molecule has 0 spiro atoms. The first-order valence-corrected chi connectivity index (χ1v) is 11.2. The second-order valence-corrected chi connectivity index (χ2v) is 8.49. The van der Waals surface area contributed by atoms with Gasteiger partial charge < -0.3 is 24.2 Å². The molecular formula is C23H31N3O5. The van der Waals surface area contributed by atoms with Crippen molar-refractivity contribution in [2.75, 3.05) is 53.0 Å². The Balaban J connectivity index is 1.34. The fourth-order valence-corrected chi connectivity index (χ4v) is 4.93. The number of morpholine rings is 1. The van der Waals surface area contributed by atoms with E-state index in [0.717, 1.165) is 25.7 Å². The number of rotatable bonds is 4. The number of carbonyl (C=O) groups excluding carboxylic acids is 3. The summed E-state index contributed by atoms with van der Waals surface area (Å²) in [5, 5.41) is 0. The first kappa shape index (κ1) is 21.6. The lowest BCUT2D eigenvalue weighted by molar-refractivity contribution is -0.148. The van der Waals surface area contributed by atoms with E-state index in [4.69, 9.17) is 9.47 Å². The standard InChI is InChI=1S/C23H31N3O5/c1-30-20-7-3-2-6-19(20)23(29)25-10-4-5-17(15-25)22(28)24-11-8-18(9-12-24)26-13-14-31-16-21(26)27/h2-3,6-7,17-18H,4-5,8-16H2,1H3. The molecule has 0 bridgehead atoms. The number of nitrogens with zero attached hydrogens (tertiary/aromatic N) is 3. The maximum Gasteiger partial charge on any atom is 0.257 e. The molecular weight excluding hydrogens is 398 g/mol. The van der Waals surface area contributed by atoms with Crippen LogP contribution < -0.4 is 4.74 Å². The second-order valence-electron chi connectivity index (χ2n) is 8.49. The summed E-state index contributed by atoms with van der Waals surface area (Å²) in [5.74, 6) is 0.479. The van der Waals surface area contributed by atoms with Crippen LogP contribution in [0.25, 0.3) is 0 Å². The molecule has 3 aliphatic rings. The molecule has 1 aromatic carbocycles. The maximum atomic E-state index is 13.2. The lowest BCUT2D eigenvalue weighted by Crippen LogP contribution is -2.54. The van der Waals surface area contributed by atoms with Gasteiger partial charge in [-0.25, -0.2) is 0 Å². The number of hydrogen-bond donors (Lipinski definition) is 0. The van der Waals surface area contributed by atoms with Gasteiger partial charge in [-0.15, -0.1) is 0 Å². The number of piperidine rings is 2. The Morgan fingerprint density at radius 1 is 1.03 bits per heavy atom. The Labute approximate surface area is 183 Å². The number of benzene rings is 1. The third-order valence-corrected chi connectivity index (χ3v) is 6.63. The van der Waals surface area contributed by atoms with Crippen LogP contribution in [0.15, 0.2) is 24.3 Å². The average Bonchev–Trinajstić information content (AvgIpc) is 2.83. The van der Waals surface area contributed by atoms with Crippen LogP contribution in [0.4, 0.5) is 0 Å². The minimum atomic E-state index is -0.172. The zero-order valence-electron chi connectivity index (χ0n) is 18.1. The number of ether oxygens (including phenoxy) is 2. The van der Waals surface area contributed by atoms with Gasteiger partial charge in [0.1, 0.15) is 12.4 Å². The number of carbonyl (C=O) groups is 3. The van der Waals surface area contributed by atoms with Crippen molar-refractivity contribution >= 4 is 17.7 Å². The Kier molecular flexibility index (Phi) is 6.75. The molecule has 1 aromatic rings. The van der Waals surface area contributed by atoms with Crippen LogP contribution in [0.3, 0.4) is 0 Å². The summed E-state index contributed by atoms with van der Waals surface area (Å²) in [6.07, 6.45) is 3.22. The van der Waals surface area contributed by atoms with E-state index in [-0.39, 0.29) is 36.3 Å². The highest BCUT2D eigenvalue weighted by Gasteiger charge is 2.35. The maximum absolute atomic E-state index is 13.2. The van der Waals surface area contributed by atoms with Crippen LogP contribution >= 0.6 is 0 Å². The molecule has 4 rings (SSSR count). The van der Waals surface area contributed by atoms with Crippen molar-refractivity contribution in [2.45, 2.75) is 31.7 Å². The monoisotopic (exact) mass is 429 g/mol. The molecule has 1 unspecified atom stereocenters. The summed E-state index contributed by atoms with van der Waals surface area (Å²) in [7, 11) is 1.56. The van der Waals surface area contributed by atoms with Crippen molar-refractivity contribution in [2.24, 2.45) is 5.92 Å². The van der Waals surface area contributed by atoms with Gasteiger partial charge in [0.2, 0.25) is 11.8 Å². The molecule has 3 heterocycles. The lowest BCUT2D eigenvalue weighted by Gasteiger charge is -2.41. The summed E-state index contributed by atoms with van der Waals surface area (Å²) in [6.45, 7) is 3.80. The van der Waals surface area contributed by atoms with E-state index in [0.29, 0.717) is 50.6 Å². The van der Waals surface area contributed by atoms with Gasteiger partial charge in [-0.2, -0.15) is 0 Å². The molecule has 3 saturated heterocycles. The van der Waals surface area contributed by atoms with Crippen LogP contribution in [0, 0.1) is 5.92 Å². The Hall–Kier alpha value is -2.61. The van der Waals surface area contributed by atoms with E-state index in [1.54, 1.807) is 24.1 Å². The largest absolute Gasteiger partial charge is 0.496 e. The van der Waals surface area contributed by atoms with Gasteiger partial charge in [0, 0.05) is 38.8 Å². The van der Waals surface area contributed by atoms with E-state index in [1.807, 2.05) is 21.9 Å². The Bertz CT molecular complexity index is 821. The van der Waals surface area contributed by atoms with Gasteiger partial charge in [-0.3, -0.25) is 14.4 Å². The van der Waals surface area contributed by atoms with E-state index in [9.17, 15) is 14.4 Å². The third kappa shape index (κ3) is 4.69. The van der Waals surface area contributed by atoms with Crippen LogP contribution in [0.5, 0.6) is 5.75 Å². The Morgan fingerprint density at radius 2 is 1.81 bits per heavy atom. The molecule has 3 aliphatic heterocycles. The van der Waals surface area contributed by atoms with Crippen molar-refractivity contribution in [1.29, 1.82) is 0 Å². The summed E-state index contributed by atoms with van der Waals surface area (Å²) in [6, 6.07) is 7.40. The number of amides is 3. The highest BCUT2D eigenvalue weighted by molar-refractivity contribution is 5.97. The quantitative estimate of drug-likeness (QED) is 0.723. The molecule has 3 fully saturated rings. The summed E-state index contributed by atoms with van der Waals surface area (Å²) in [5.41, 5.74) is 0.536. The van der Waals surface area contributed by atoms with Gasteiger partial charge in [-0.1, -0.05) is 12.1 Å². The summed E-state index contributed by atoms with van der Waals surface area (Å²) >= 11 is 0. The number of hydrogen-bond acceptors (Lipinski definition) is 5. The van der Waals surface area contributed by atoms with Crippen molar-refractivity contribution in [3.63, 3.8) is 0 Å². The van der Waals surface area contributed by atoms with Gasteiger partial charge in [0.25, 0.3) is 5.91 Å². The molecule has 0 aromatic heterocycles. The van der Waals surface area contributed by atoms with Gasteiger partial charge in [-0.05, 0) is 37.8 Å². The summed E-state index contributed by atoms with van der Waals surface area (Å²) < 4.78 is 10.6. The molecule has 8 heteroatoms. The fraction of sp³-hybridized carbons (Fsp3) is 0.609. The van der Waals surface area contributed by atoms with Crippen LogP contribution in [0.1, 0.15) is 36.0 Å². The SMILES string of the molecule is COc1ccccc1C(=O)N1CCCC(C(=O)N2CCC(N3CCOCC3=O)CC2)C1.